The zero-order valence-electron chi connectivity index (χ0n) is 12.8. The monoisotopic (exact) mass is 364 g/mol. The largest absolute Gasteiger partial charge is 0.378 e. The molecule has 9 nitrogen and oxygen atoms in total. The molecule has 0 bridgehead atoms. The molecular formula is C15H13ClN4O5. The van der Waals surface area contributed by atoms with E-state index in [4.69, 9.17) is 11.6 Å². The Morgan fingerprint density at radius 1 is 1.00 bits per heavy atom. The molecule has 0 atom stereocenters. The highest BCUT2D eigenvalue weighted by Crippen LogP contribution is 2.25. The van der Waals surface area contributed by atoms with Crippen molar-refractivity contribution in [3.8, 4) is 0 Å². The Labute approximate surface area is 146 Å². The summed E-state index contributed by atoms with van der Waals surface area (Å²) in [6.07, 6.45) is 0. The molecule has 0 spiro atoms. The second-order valence-electron chi connectivity index (χ2n) is 4.88. The zero-order chi connectivity index (χ0) is 18.4. The summed E-state index contributed by atoms with van der Waals surface area (Å²) in [6, 6.07) is 9.88. The third kappa shape index (κ3) is 4.64. The zero-order valence-corrected chi connectivity index (χ0v) is 13.5. The van der Waals surface area contributed by atoms with Gasteiger partial charge in [-0.2, -0.15) is 0 Å². The molecule has 0 saturated heterocycles. The maximum Gasteiger partial charge on any atom is 0.292 e. The molecule has 0 saturated carbocycles. The van der Waals surface area contributed by atoms with Crippen LogP contribution in [0.2, 0.25) is 5.02 Å². The molecule has 0 fully saturated rings. The van der Waals surface area contributed by atoms with Gasteiger partial charge in [0.1, 0.15) is 10.7 Å². The Hall–Kier alpha value is -3.20. The fourth-order valence-electron chi connectivity index (χ4n) is 2.05. The summed E-state index contributed by atoms with van der Waals surface area (Å²) in [5.74, 6) is -0.510. The molecule has 25 heavy (non-hydrogen) atoms. The van der Waals surface area contributed by atoms with Crippen molar-refractivity contribution >= 4 is 34.6 Å². The van der Waals surface area contributed by atoms with Crippen molar-refractivity contribution in [3.05, 3.63) is 73.3 Å². The van der Waals surface area contributed by atoms with Gasteiger partial charge in [-0.25, -0.2) is 0 Å². The summed E-state index contributed by atoms with van der Waals surface area (Å²) in [5.41, 5.74) is 0.0141. The first-order valence-electron chi connectivity index (χ1n) is 7.09. The van der Waals surface area contributed by atoms with Crippen LogP contribution in [0.4, 0.5) is 17.1 Å². The van der Waals surface area contributed by atoms with E-state index in [2.05, 4.69) is 10.6 Å². The number of nitro benzene ring substituents is 2. The highest BCUT2D eigenvalue weighted by molar-refractivity contribution is 6.32. The van der Waals surface area contributed by atoms with Crippen LogP contribution in [0.5, 0.6) is 0 Å². The van der Waals surface area contributed by atoms with Crippen LogP contribution in [0.25, 0.3) is 0 Å². The van der Waals surface area contributed by atoms with Gasteiger partial charge in [-0.1, -0.05) is 23.7 Å². The molecule has 0 aliphatic rings. The smallest absolute Gasteiger partial charge is 0.292 e. The van der Waals surface area contributed by atoms with Crippen LogP contribution in [-0.2, 0) is 0 Å². The van der Waals surface area contributed by atoms with Crippen LogP contribution in [0.3, 0.4) is 0 Å². The van der Waals surface area contributed by atoms with Crippen molar-refractivity contribution < 1.29 is 14.6 Å². The van der Waals surface area contributed by atoms with E-state index in [0.717, 1.165) is 6.07 Å². The normalized spacial score (nSPS) is 10.1. The summed E-state index contributed by atoms with van der Waals surface area (Å²) < 4.78 is 0. The molecule has 0 aliphatic heterocycles. The summed E-state index contributed by atoms with van der Waals surface area (Å²) >= 11 is 5.69. The van der Waals surface area contributed by atoms with Crippen molar-refractivity contribution in [2.45, 2.75) is 0 Å². The molecule has 130 valence electrons. The lowest BCUT2D eigenvalue weighted by Gasteiger charge is -2.08. The Morgan fingerprint density at radius 3 is 2.36 bits per heavy atom. The van der Waals surface area contributed by atoms with Gasteiger partial charge in [-0.3, -0.25) is 25.0 Å². The SMILES string of the molecule is O=C(NCCNc1ccccc1[N+](=O)[O-])c1ccc(Cl)c([N+](=O)[O-])c1. The molecule has 1 amide bonds. The van der Waals surface area contributed by atoms with E-state index in [1.807, 2.05) is 0 Å². The van der Waals surface area contributed by atoms with Gasteiger partial charge in [0.25, 0.3) is 17.3 Å². The standard InChI is InChI=1S/C15H13ClN4O5/c16-11-6-5-10(9-14(11)20(24)25)15(21)18-8-7-17-12-3-1-2-4-13(12)19(22)23/h1-6,9,17H,7-8H2,(H,18,21). The van der Waals surface area contributed by atoms with Crippen LogP contribution >= 0.6 is 11.6 Å². The van der Waals surface area contributed by atoms with Crippen molar-refractivity contribution in [3.63, 3.8) is 0 Å². The fraction of sp³-hybridized carbons (Fsp3) is 0.133. The van der Waals surface area contributed by atoms with E-state index in [0.29, 0.717) is 5.69 Å². The van der Waals surface area contributed by atoms with E-state index in [1.54, 1.807) is 18.2 Å². The number of amides is 1. The molecular weight excluding hydrogens is 352 g/mol. The van der Waals surface area contributed by atoms with E-state index in [1.165, 1.54) is 18.2 Å². The maximum atomic E-state index is 12.0. The van der Waals surface area contributed by atoms with Crippen LogP contribution in [0.15, 0.2) is 42.5 Å². The fourth-order valence-corrected chi connectivity index (χ4v) is 2.24. The predicted octanol–water partition coefficient (Wildman–Crippen LogP) is 3.00. The van der Waals surface area contributed by atoms with Gasteiger partial charge in [0.15, 0.2) is 0 Å². The highest BCUT2D eigenvalue weighted by atomic mass is 35.5. The third-order valence-corrected chi connectivity index (χ3v) is 3.55. The number of halogens is 1. The quantitative estimate of drug-likeness (QED) is 0.441. The summed E-state index contributed by atoms with van der Waals surface area (Å²) in [6.45, 7) is 0.410. The minimum absolute atomic E-state index is 0.0559. The second-order valence-corrected chi connectivity index (χ2v) is 5.29. The lowest BCUT2D eigenvalue weighted by molar-refractivity contribution is -0.384. The van der Waals surface area contributed by atoms with E-state index in [9.17, 15) is 25.0 Å². The van der Waals surface area contributed by atoms with Crippen molar-refractivity contribution in [1.29, 1.82) is 0 Å². The molecule has 0 heterocycles. The number of nitrogens with one attached hydrogen (secondary N) is 2. The molecule has 0 aromatic heterocycles. The van der Waals surface area contributed by atoms with Crippen LogP contribution in [-0.4, -0.2) is 28.8 Å². The van der Waals surface area contributed by atoms with Gasteiger partial charge in [-0.15, -0.1) is 0 Å². The second kappa shape index (κ2) is 8.06. The Bertz CT molecular complexity index is 827. The number of anilines is 1. The Morgan fingerprint density at radius 2 is 1.68 bits per heavy atom. The first kappa shape index (κ1) is 18.1. The van der Waals surface area contributed by atoms with Gasteiger partial charge < -0.3 is 10.6 Å². The number of carbonyl (C=O) groups excluding carboxylic acids is 1. The lowest BCUT2D eigenvalue weighted by atomic mass is 10.2. The summed E-state index contributed by atoms with van der Waals surface area (Å²) in [7, 11) is 0. The van der Waals surface area contributed by atoms with E-state index < -0.39 is 15.8 Å². The molecule has 0 radical (unpaired) electrons. The van der Waals surface area contributed by atoms with Gasteiger partial charge in [0, 0.05) is 30.8 Å². The number of nitrogens with zero attached hydrogens (tertiary/aromatic N) is 2. The predicted molar refractivity (Wildman–Crippen MR) is 92.0 cm³/mol. The summed E-state index contributed by atoms with van der Waals surface area (Å²) in [5, 5.41) is 27.1. The number of nitro groups is 2. The van der Waals surface area contributed by atoms with Crippen molar-refractivity contribution in [2.75, 3.05) is 18.4 Å². The van der Waals surface area contributed by atoms with Gasteiger partial charge >= 0.3 is 0 Å². The molecule has 2 rings (SSSR count). The van der Waals surface area contributed by atoms with Gasteiger partial charge in [-0.05, 0) is 18.2 Å². The van der Waals surface area contributed by atoms with Crippen LogP contribution in [0, 0.1) is 20.2 Å². The minimum atomic E-state index is -0.671. The number of rotatable bonds is 7. The molecule has 0 unspecified atom stereocenters. The van der Waals surface area contributed by atoms with Crippen molar-refractivity contribution in [1.82, 2.24) is 5.32 Å². The Balaban J connectivity index is 1.92. The molecule has 2 aromatic carbocycles. The Kier molecular flexibility index (Phi) is 5.85. The van der Waals surface area contributed by atoms with E-state index in [-0.39, 0.29) is 35.1 Å². The minimum Gasteiger partial charge on any atom is -0.378 e. The van der Waals surface area contributed by atoms with Crippen LogP contribution in [0.1, 0.15) is 10.4 Å². The molecule has 0 aliphatic carbocycles. The average Bonchev–Trinajstić information content (AvgIpc) is 2.58. The number of benzene rings is 2. The third-order valence-electron chi connectivity index (χ3n) is 3.23. The lowest BCUT2D eigenvalue weighted by Crippen LogP contribution is -2.28. The molecule has 2 N–H and O–H groups in total. The van der Waals surface area contributed by atoms with E-state index >= 15 is 0 Å². The highest BCUT2D eigenvalue weighted by Gasteiger charge is 2.16. The maximum absolute atomic E-state index is 12.0. The number of hydrogen-bond donors (Lipinski definition) is 2. The molecule has 2 aromatic rings. The van der Waals surface area contributed by atoms with Crippen LogP contribution < -0.4 is 10.6 Å². The average molecular weight is 365 g/mol. The van der Waals surface area contributed by atoms with Gasteiger partial charge in [0.05, 0.1) is 9.85 Å². The number of carbonyl (C=O) groups is 1. The number of hydrogen-bond acceptors (Lipinski definition) is 6. The topological polar surface area (TPSA) is 127 Å². The van der Waals surface area contributed by atoms with Gasteiger partial charge in [0.2, 0.25) is 0 Å². The number of para-hydroxylation sites is 2. The summed E-state index contributed by atoms with van der Waals surface area (Å²) in [4.78, 5) is 32.5. The molecule has 10 heteroatoms. The first-order valence-corrected chi connectivity index (χ1v) is 7.47. The van der Waals surface area contributed by atoms with Crippen molar-refractivity contribution in [2.24, 2.45) is 0 Å². The first-order chi connectivity index (χ1) is 11.9.